The highest BCUT2D eigenvalue weighted by molar-refractivity contribution is 7.07. The summed E-state index contributed by atoms with van der Waals surface area (Å²) < 4.78 is 4.32. The second kappa shape index (κ2) is 2.31. The maximum Gasteiger partial charge on any atom is 0.0846 e. The minimum Gasteiger partial charge on any atom is -0.192 e. The van der Waals surface area contributed by atoms with Crippen molar-refractivity contribution in [2.45, 2.75) is 13.8 Å². The SMILES string of the molecule is Cc1cccc2nsc(C)c12. The molecule has 0 N–H and O–H groups in total. The van der Waals surface area contributed by atoms with Gasteiger partial charge in [0.1, 0.15) is 0 Å². The number of hydrogen-bond acceptors (Lipinski definition) is 2. The van der Waals surface area contributed by atoms with E-state index >= 15 is 0 Å². The van der Waals surface area contributed by atoms with Crippen LogP contribution in [-0.4, -0.2) is 4.37 Å². The molecule has 2 rings (SSSR count). The van der Waals surface area contributed by atoms with Crippen molar-refractivity contribution in [3.05, 3.63) is 28.6 Å². The first-order chi connectivity index (χ1) is 5.29. The van der Waals surface area contributed by atoms with Crippen LogP contribution in [0, 0.1) is 13.8 Å². The van der Waals surface area contributed by atoms with Gasteiger partial charge in [-0.2, -0.15) is 4.37 Å². The third-order valence-electron chi connectivity index (χ3n) is 1.88. The first-order valence-corrected chi connectivity index (χ1v) is 4.38. The standard InChI is InChI=1S/C9H9NS/c1-6-4-3-5-8-9(6)7(2)11-10-8/h3-5H,1-2H3. The molecule has 1 aromatic carbocycles. The van der Waals surface area contributed by atoms with Gasteiger partial charge in [0, 0.05) is 10.3 Å². The van der Waals surface area contributed by atoms with E-state index in [1.54, 1.807) is 11.5 Å². The molecule has 0 atom stereocenters. The summed E-state index contributed by atoms with van der Waals surface area (Å²) in [6.07, 6.45) is 0. The van der Waals surface area contributed by atoms with Crippen LogP contribution < -0.4 is 0 Å². The van der Waals surface area contributed by atoms with Crippen molar-refractivity contribution < 1.29 is 0 Å². The zero-order valence-corrected chi connectivity index (χ0v) is 7.40. The molecule has 1 aromatic heterocycles. The molecule has 0 aliphatic rings. The van der Waals surface area contributed by atoms with Gasteiger partial charge in [0.2, 0.25) is 0 Å². The second-order valence-corrected chi connectivity index (χ2v) is 3.69. The fourth-order valence-corrected chi connectivity index (χ4v) is 2.09. The van der Waals surface area contributed by atoms with E-state index in [4.69, 9.17) is 0 Å². The summed E-state index contributed by atoms with van der Waals surface area (Å²) in [5.41, 5.74) is 2.46. The molecule has 0 amide bonds. The minimum absolute atomic E-state index is 1.13. The fourth-order valence-electron chi connectivity index (χ4n) is 1.35. The van der Waals surface area contributed by atoms with E-state index in [9.17, 15) is 0 Å². The molecule has 1 nitrogen and oxygen atoms in total. The van der Waals surface area contributed by atoms with Crippen LogP contribution in [0.1, 0.15) is 10.4 Å². The average molecular weight is 163 g/mol. The Morgan fingerprint density at radius 1 is 1.27 bits per heavy atom. The van der Waals surface area contributed by atoms with Crippen molar-refractivity contribution in [2.75, 3.05) is 0 Å². The van der Waals surface area contributed by atoms with Gasteiger partial charge in [0.25, 0.3) is 0 Å². The second-order valence-electron chi connectivity index (χ2n) is 2.71. The van der Waals surface area contributed by atoms with Crippen molar-refractivity contribution >= 4 is 22.4 Å². The third-order valence-corrected chi connectivity index (χ3v) is 2.65. The van der Waals surface area contributed by atoms with Crippen LogP contribution in [-0.2, 0) is 0 Å². The van der Waals surface area contributed by atoms with E-state index in [1.165, 1.54) is 15.8 Å². The van der Waals surface area contributed by atoms with Crippen LogP contribution in [0.4, 0.5) is 0 Å². The molecule has 0 spiro atoms. The van der Waals surface area contributed by atoms with Gasteiger partial charge in [-0.25, -0.2) is 0 Å². The largest absolute Gasteiger partial charge is 0.192 e. The van der Waals surface area contributed by atoms with Gasteiger partial charge in [-0.15, -0.1) is 0 Å². The first kappa shape index (κ1) is 6.80. The Kier molecular flexibility index (Phi) is 1.43. The quantitative estimate of drug-likeness (QED) is 0.582. The molecule has 1 heterocycles. The molecule has 2 heteroatoms. The van der Waals surface area contributed by atoms with Gasteiger partial charge < -0.3 is 0 Å². The topological polar surface area (TPSA) is 12.9 Å². The highest BCUT2D eigenvalue weighted by Crippen LogP contribution is 2.23. The Balaban J connectivity index is 2.96. The first-order valence-electron chi connectivity index (χ1n) is 3.60. The lowest BCUT2D eigenvalue weighted by Gasteiger charge is -1.93. The van der Waals surface area contributed by atoms with E-state index in [0.29, 0.717) is 0 Å². The van der Waals surface area contributed by atoms with Crippen LogP contribution in [0.2, 0.25) is 0 Å². The Morgan fingerprint density at radius 2 is 2.09 bits per heavy atom. The van der Waals surface area contributed by atoms with Crippen LogP contribution >= 0.6 is 11.5 Å². The van der Waals surface area contributed by atoms with E-state index in [1.807, 2.05) is 0 Å². The zero-order chi connectivity index (χ0) is 7.84. The molecule has 0 radical (unpaired) electrons. The lowest BCUT2D eigenvalue weighted by Crippen LogP contribution is -1.74. The fraction of sp³-hybridized carbons (Fsp3) is 0.222. The normalized spacial score (nSPS) is 10.7. The summed E-state index contributed by atoms with van der Waals surface area (Å²) in [6, 6.07) is 6.24. The van der Waals surface area contributed by atoms with Crippen molar-refractivity contribution in [2.24, 2.45) is 0 Å². The van der Waals surface area contributed by atoms with Crippen LogP contribution in [0.15, 0.2) is 18.2 Å². The lowest BCUT2D eigenvalue weighted by atomic mass is 10.1. The van der Waals surface area contributed by atoms with Crippen molar-refractivity contribution in [1.29, 1.82) is 0 Å². The molecule has 0 aliphatic heterocycles. The maximum atomic E-state index is 4.32. The highest BCUT2D eigenvalue weighted by atomic mass is 32.1. The van der Waals surface area contributed by atoms with Gasteiger partial charge in [0.05, 0.1) is 5.52 Å². The Labute approximate surface area is 69.8 Å². The number of nitrogens with zero attached hydrogens (tertiary/aromatic N) is 1. The summed E-state index contributed by atoms with van der Waals surface area (Å²) in [4.78, 5) is 1.32. The average Bonchev–Trinajstić information content (AvgIpc) is 2.34. The summed E-state index contributed by atoms with van der Waals surface area (Å²) >= 11 is 1.58. The summed E-state index contributed by atoms with van der Waals surface area (Å²) in [6.45, 7) is 4.25. The van der Waals surface area contributed by atoms with E-state index in [2.05, 4.69) is 36.4 Å². The van der Waals surface area contributed by atoms with Crippen LogP contribution in [0.25, 0.3) is 10.9 Å². The maximum absolute atomic E-state index is 4.32. The predicted octanol–water partition coefficient (Wildman–Crippen LogP) is 2.91. The number of hydrogen-bond donors (Lipinski definition) is 0. The molecule has 0 saturated carbocycles. The number of fused-ring (bicyclic) bond motifs is 1. The molecule has 0 fully saturated rings. The van der Waals surface area contributed by atoms with Gasteiger partial charge in [-0.3, -0.25) is 0 Å². The number of rotatable bonds is 0. The summed E-state index contributed by atoms with van der Waals surface area (Å²) in [5, 5.41) is 1.33. The van der Waals surface area contributed by atoms with E-state index in [-0.39, 0.29) is 0 Å². The number of benzene rings is 1. The van der Waals surface area contributed by atoms with Crippen molar-refractivity contribution in [3.8, 4) is 0 Å². The predicted molar refractivity (Wildman–Crippen MR) is 49.1 cm³/mol. The molecule has 0 unspecified atom stereocenters. The molecule has 0 aliphatic carbocycles. The van der Waals surface area contributed by atoms with Gasteiger partial charge in [-0.1, -0.05) is 12.1 Å². The van der Waals surface area contributed by atoms with Gasteiger partial charge in [-0.05, 0) is 37.0 Å². The monoisotopic (exact) mass is 163 g/mol. The molecular weight excluding hydrogens is 154 g/mol. The minimum atomic E-state index is 1.13. The zero-order valence-electron chi connectivity index (χ0n) is 6.59. The van der Waals surface area contributed by atoms with E-state index in [0.717, 1.165) is 5.52 Å². The number of aryl methyl sites for hydroxylation is 2. The summed E-state index contributed by atoms with van der Waals surface area (Å²) in [5.74, 6) is 0. The molecule has 11 heavy (non-hydrogen) atoms. The van der Waals surface area contributed by atoms with Gasteiger partial charge >= 0.3 is 0 Å². The van der Waals surface area contributed by atoms with Gasteiger partial charge in [0.15, 0.2) is 0 Å². The molecule has 2 aromatic rings. The lowest BCUT2D eigenvalue weighted by molar-refractivity contribution is 1.51. The molecule has 0 saturated heterocycles. The van der Waals surface area contributed by atoms with Crippen LogP contribution in [0.5, 0.6) is 0 Å². The Bertz CT molecular complexity index is 389. The number of aromatic nitrogens is 1. The van der Waals surface area contributed by atoms with Crippen molar-refractivity contribution in [3.63, 3.8) is 0 Å². The Hall–Kier alpha value is -0.890. The Morgan fingerprint density at radius 3 is 2.82 bits per heavy atom. The molecule has 56 valence electrons. The van der Waals surface area contributed by atoms with Crippen molar-refractivity contribution in [1.82, 2.24) is 4.37 Å². The summed E-state index contributed by atoms with van der Waals surface area (Å²) in [7, 11) is 0. The third kappa shape index (κ3) is 0.942. The van der Waals surface area contributed by atoms with Crippen LogP contribution in [0.3, 0.4) is 0 Å². The smallest absolute Gasteiger partial charge is 0.0846 e. The molecule has 0 bridgehead atoms. The molecular formula is C9H9NS. The van der Waals surface area contributed by atoms with E-state index < -0.39 is 0 Å². The highest BCUT2D eigenvalue weighted by Gasteiger charge is 2.02.